The van der Waals surface area contributed by atoms with E-state index in [1.54, 1.807) is 0 Å². The fraction of sp³-hybridized carbons (Fsp3) is 0.533. The Morgan fingerprint density at radius 1 is 1.42 bits per heavy atom. The van der Waals surface area contributed by atoms with Crippen molar-refractivity contribution in [3.63, 3.8) is 0 Å². The zero-order chi connectivity index (χ0) is 13.2. The van der Waals surface area contributed by atoms with Crippen LogP contribution in [-0.4, -0.2) is 32.1 Å². The number of rotatable bonds is 3. The quantitative estimate of drug-likeness (QED) is 0.854. The molecule has 3 nitrogen and oxygen atoms in total. The van der Waals surface area contributed by atoms with E-state index in [-0.39, 0.29) is 12.4 Å². The standard InChI is InChI=1S/C15H20N2O.ClH/c1-12-4-5-13-6-9-18-15(11-16,14(13)10-12)7-8-17(2)3;/h4-5,10H,6-9H2,1-3H3;1H. The number of halogens is 1. The highest BCUT2D eigenvalue weighted by Gasteiger charge is 2.37. The van der Waals surface area contributed by atoms with Gasteiger partial charge in [0.15, 0.2) is 5.60 Å². The highest BCUT2D eigenvalue weighted by molar-refractivity contribution is 5.85. The van der Waals surface area contributed by atoms with E-state index < -0.39 is 5.60 Å². The van der Waals surface area contributed by atoms with Gasteiger partial charge in [0, 0.05) is 18.5 Å². The van der Waals surface area contributed by atoms with Gasteiger partial charge in [0.25, 0.3) is 0 Å². The van der Waals surface area contributed by atoms with Crippen molar-refractivity contribution in [2.75, 3.05) is 27.2 Å². The van der Waals surface area contributed by atoms with Crippen LogP contribution >= 0.6 is 12.4 Å². The van der Waals surface area contributed by atoms with Crippen molar-refractivity contribution in [2.24, 2.45) is 0 Å². The Hall–Kier alpha value is -1.08. The molecule has 1 aromatic rings. The lowest BCUT2D eigenvalue weighted by atomic mass is 9.84. The lowest BCUT2D eigenvalue weighted by molar-refractivity contribution is -0.0260. The maximum absolute atomic E-state index is 9.60. The van der Waals surface area contributed by atoms with E-state index in [0.717, 1.165) is 18.5 Å². The van der Waals surface area contributed by atoms with Crippen molar-refractivity contribution >= 4 is 12.4 Å². The van der Waals surface area contributed by atoms with Crippen LogP contribution in [-0.2, 0) is 16.8 Å². The number of benzene rings is 1. The minimum absolute atomic E-state index is 0. The number of fused-ring (bicyclic) bond motifs is 1. The molecule has 1 unspecified atom stereocenters. The van der Waals surface area contributed by atoms with Crippen LogP contribution in [0.25, 0.3) is 0 Å². The summed E-state index contributed by atoms with van der Waals surface area (Å²) in [5.41, 5.74) is 2.75. The molecule has 0 spiro atoms. The van der Waals surface area contributed by atoms with Gasteiger partial charge in [0.1, 0.15) is 6.07 Å². The summed E-state index contributed by atoms with van der Waals surface area (Å²) < 4.78 is 5.86. The topological polar surface area (TPSA) is 36.3 Å². The van der Waals surface area contributed by atoms with E-state index in [1.807, 2.05) is 14.1 Å². The largest absolute Gasteiger partial charge is 0.355 e. The second-order valence-electron chi connectivity index (χ2n) is 5.25. The van der Waals surface area contributed by atoms with E-state index in [2.05, 4.69) is 36.1 Å². The van der Waals surface area contributed by atoms with Crippen molar-refractivity contribution in [1.29, 1.82) is 5.26 Å². The van der Waals surface area contributed by atoms with Gasteiger partial charge in [-0.3, -0.25) is 0 Å². The monoisotopic (exact) mass is 280 g/mol. The lowest BCUT2D eigenvalue weighted by Gasteiger charge is -2.34. The van der Waals surface area contributed by atoms with Crippen LogP contribution in [0.1, 0.15) is 23.1 Å². The average Bonchev–Trinajstić information content (AvgIpc) is 2.36. The Morgan fingerprint density at radius 3 is 2.79 bits per heavy atom. The van der Waals surface area contributed by atoms with Crippen LogP contribution in [0, 0.1) is 18.3 Å². The Kier molecular flexibility index (Phi) is 5.37. The van der Waals surface area contributed by atoms with E-state index in [9.17, 15) is 5.26 Å². The molecule has 0 saturated heterocycles. The van der Waals surface area contributed by atoms with Crippen molar-refractivity contribution in [3.8, 4) is 6.07 Å². The number of nitrogens with zero attached hydrogens (tertiary/aromatic N) is 2. The molecule has 0 saturated carbocycles. The summed E-state index contributed by atoms with van der Waals surface area (Å²) in [5.74, 6) is 0. The Labute approximate surface area is 121 Å². The van der Waals surface area contributed by atoms with Gasteiger partial charge in [-0.25, -0.2) is 0 Å². The van der Waals surface area contributed by atoms with Crippen LogP contribution in [0.4, 0.5) is 0 Å². The van der Waals surface area contributed by atoms with E-state index in [4.69, 9.17) is 4.74 Å². The summed E-state index contributed by atoms with van der Waals surface area (Å²) in [4.78, 5) is 2.09. The normalized spacial score (nSPS) is 21.4. The maximum atomic E-state index is 9.60. The molecule has 0 bridgehead atoms. The first-order chi connectivity index (χ1) is 8.57. The molecule has 0 fully saturated rings. The third kappa shape index (κ3) is 3.27. The Bertz CT molecular complexity index is 482. The molecule has 104 valence electrons. The summed E-state index contributed by atoms with van der Waals surface area (Å²) in [7, 11) is 4.04. The van der Waals surface area contributed by atoms with E-state index in [1.165, 1.54) is 11.1 Å². The van der Waals surface area contributed by atoms with E-state index in [0.29, 0.717) is 13.0 Å². The summed E-state index contributed by atoms with van der Waals surface area (Å²) >= 11 is 0. The summed E-state index contributed by atoms with van der Waals surface area (Å²) in [6.07, 6.45) is 1.62. The van der Waals surface area contributed by atoms with Crippen molar-refractivity contribution in [1.82, 2.24) is 4.90 Å². The average molecular weight is 281 g/mol. The molecule has 19 heavy (non-hydrogen) atoms. The molecule has 0 N–H and O–H groups in total. The highest BCUT2D eigenvalue weighted by Crippen LogP contribution is 2.36. The number of hydrogen-bond acceptors (Lipinski definition) is 3. The van der Waals surface area contributed by atoms with Crippen LogP contribution in [0.2, 0.25) is 0 Å². The zero-order valence-corrected chi connectivity index (χ0v) is 12.6. The molecule has 2 rings (SSSR count). The molecular weight excluding hydrogens is 260 g/mol. The van der Waals surface area contributed by atoms with Crippen molar-refractivity contribution in [3.05, 3.63) is 34.9 Å². The van der Waals surface area contributed by atoms with Crippen LogP contribution < -0.4 is 0 Å². The molecule has 1 aromatic carbocycles. The van der Waals surface area contributed by atoms with Gasteiger partial charge < -0.3 is 9.64 Å². The molecule has 1 heterocycles. The smallest absolute Gasteiger partial charge is 0.181 e. The molecule has 4 heteroatoms. The van der Waals surface area contributed by atoms with Crippen LogP contribution in [0.3, 0.4) is 0 Å². The first-order valence-corrected chi connectivity index (χ1v) is 6.37. The minimum Gasteiger partial charge on any atom is -0.355 e. The number of hydrogen-bond donors (Lipinski definition) is 0. The van der Waals surface area contributed by atoms with Gasteiger partial charge in [-0.15, -0.1) is 12.4 Å². The predicted octanol–water partition coefficient (Wildman–Crippen LogP) is 2.66. The maximum Gasteiger partial charge on any atom is 0.181 e. The number of ether oxygens (including phenoxy) is 1. The zero-order valence-electron chi connectivity index (χ0n) is 11.8. The SMILES string of the molecule is Cc1ccc2c(c1)C(C#N)(CCN(C)C)OCC2.Cl. The second-order valence-corrected chi connectivity index (χ2v) is 5.25. The molecule has 1 atom stereocenters. The molecule has 0 aromatic heterocycles. The van der Waals surface area contributed by atoms with Gasteiger partial charge in [-0.2, -0.15) is 5.26 Å². The summed E-state index contributed by atoms with van der Waals surface area (Å²) in [5, 5.41) is 9.60. The molecule has 0 amide bonds. The van der Waals surface area contributed by atoms with Crippen molar-refractivity contribution in [2.45, 2.75) is 25.4 Å². The van der Waals surface area contributed by atoms with Gasteiger partial charge in [-0.1, -0.05) is 23.8 Å². The van der Waals surface area contributed by atoms with Gasteiger partial charge in [0.05, 0.1) is 6.61 Å². The third-order valence-corrected chi connectivity index (χ3v) is 3.51. The third-order valence-electron chi connectivity index (χ3n) is 3.51. The van der Waals surface area contributed by atoms with Gasteiger partial charge in [-0.05, 0) is 33.0 Å². The summed E-state index contributed by atoms with van der Waals surface area (Å²) in [6, 6.07) is 8.76. The fourth-order valence-corrected chi connectivity index (χ4v) is 2.43. The summed E-state index contributed by atoms with van der Waals surface area (Å²) in [6.45, 7) is 3.54. The predicted molar refractivity (Wildman–Crippen MR) is 78.5 cm³/mol. The minimum atomic E-state index is -0.760. The number of nitriles is 1. The molecule has 1 aliphatic rings. The molecule has 0 aliphatic carbocycles. The molecule has 0 radical (unpaired) electrons. The Morgan fingerprint density at radius 2 is 2.16 bits per heavy atom. The first kappa shape index (κ1) is 16.0. The van der Waals surface area contributed by atoms with Crippen LogP contribution in [0.15, 0.2) is 18.2 Å². The van der Waals surface area contributed by atoms with E-state index >= 15 is 0 Å². The van der Waals surface area contributed by atoms with Crippen molar-refractivity contribution < 1.29 is 4.74 Å². The molecular formula is C15H21ClN2O. The van der Waals surface area contributed by atoms with Crippen LogP contribution in [0.5, 0.6) is 0 Å². The lowest BCUT2D eigenvalue weighted by Crippen LogP contribution is -2.37. The number of aryl methyl sites for hydroxylation is 1. The Balaban J connectivity index is 0.00000180. The second kappa shape index (κ2) is 6.38. The van der Waals surface area contributed by atoms with Gasteiger partial charge >= 0.3 is 0 Å². The fourth-order valence-electron chi connectivity index (χ4n) is 2.43. The first-order valence-electron chi connectivity index (χ1n) is 6.37. The highest BCUT2D eigenvalue weighted by atomic mass is 35.5. The van der Waals surface area contributed by atoms with Gasteiger partial charge in [0.2, 0.25) is 0 Å². The molecule has 1 aliphatic heterocycles.